The number of hydrogen-bond acceptors (Lipinski definition) is 4. The second-order valence-corrected chi connectivity index (χ2v) is 6.45. The molecule has 0 spiro atoms. The van der Waals surface area contributed by atoms with Gasteiger partial charge in [0.1, 0.15) is 5.75 Å². The summed E-state index contributed by atoms with van der Waals surface area (Å²) < 4.78 is 5.45. The van der Waals surface area contributed by atoms with Crippen molar-refractivity contribution in [3.63, 3.8) is 0 Å². The fourth-order valence-electron chi connectivity index (χ4n) is 2.90. The Balaban J connectivity index is 1.73. The van der Waals surface area contributed by atoms with Gasteiger partial charge in [0.25, 0.3) is 0 Å². The molecule has 1 aromatic rings. The van der Waals surface area contributed by atoms with Crippen LogP contribution in [0.4, 0.5) is 5.69 Å². The van der Waals surface area contributed by atoms with Gasteiger partial charge in [0, 0.05) is 45.7 Å². The summed E-state index contributed by atoms with van der Waals surface area (Å²) in [4.78, 5) is 16.4. The molecule has 0 aromatic heterocycles. The van der Waals surface area contributed by atoms with Crippen molar-refractivity contribution in [1.29, 1.82) is 0 Å². The quantitative estimate of drug-likeness (QED) is 0.835. The molecule has 1 fully saturated rings. The lowest BCUT2D eigenvalue weighted by Gasteiger charge is -2.36. The highest BCUT2D eigenvalue weighted by Crippen LogP contribution is 2.28. The van der Waals surface area contributed by atoms with Gasteiger partial charge in [-0.15, -0.1) is 0 Å². The SMILES string of the molecule is COc1ccccc1N1CCN(CCNC(=O)CC(C)C)CC1. The number of rotatable bonds is 7. The van der Waals surface area contributed by atoms with Gasteiger partial charge in [0.2, 0.25) is 5.91 Å². The van der Waals surface area contributed by atoms with Crippen LogP contribution in [-0.2, 0) is 4.79 Å². The van der Waals surface area contributed by atoms with Gasteiger partial charge in [-0.2, -0.15) is 0 Å². The van der Waals surface area contributed by atoms with E-state index in [-0.39, 0.29) is 5.91 Å². The van der Waals surface area contributed by atoms with Gasteiger partial charge in [-0.1, -0.05) is 26.0 Å². The fourth-order valence-corrected chi connectivity index (χ4v) is 2.90. The monoisotopic (exact) mass is 319 g/mol. The minimum absolute atomic E-state index is 0.160. The Kier molecular flexibility index (Phi) is 6.71. The van der Waals surface area contributed by atoms with Crippen LogP contribution in [0, 0.1) is 5.92 Å². The van der Waals surface area contributed by atoms with Gasteiger partial charge < -0.3 is 15.0 Å². The van der Waals surface area contributed by atoms with Gasteiger partial charge in [-0.05, 0) is 18.1 Å². The molecule has 1 aromatic carbocycles. The molecule has 5 nitrogen and oxygen atoms in total. The summed E-state index contributed by atoms with van der Waals surface area (Å²) in [6.45, 7) is 9.79. The summed E-state index contributed by atoms with van der Waals surface area (Å²) in [6.07, 6.45) is 0.613. The summed E-state index contributed by atoms with van der Waals surface area (Å²) in [5.41, 5.74) is 1.17. The number of benzene rings is 1. The van der Waals surface area contributed by atoms with Crippen molar-refractivity contribution in [1.82, 2.24) is 10.2 Å². The van der Waals surface area contributed by atoms with Gasteiger partial charge in [0.15, 0.2) is 0 Å². The van der Waals surface area contributed by atoms with E-state index in [1.165, 1.54) is 5.69 Å². The minimum atomic E-state index is 0.160. The highest BCUT2D eigenvalue weighted by atomic mass is 16.5. The van der Waals surface area contributed by atoms with E-state index in [0.29, 0.717) is 12.3 Å². The largest absolute Gasteiger partial charge is 0.495 e. The predicted octanol–water partition coefficient (Wildman–Crippen LogP) is 1.98. The molecule has 0 aliphatic carbocycles. The van der Waals surface area contributed by atoms with Crippen LogP contribution in [0.3, 0.4) is 0 Å². The zero-order valence-electron chi connectivity index (χ0n) is 14.5. The second kappa shape index (κ2) is 8.77. The first-order valence-corrected chi connectivity index (χ1v) is 8.47. The zero-order valence-corrected chi connectivity index (χ0v) is 14.5. The Hall–Kier alpha value is -1.75. The molecule has 1 aliphatic rings. The van der Waals surface area contributed by atoms with Crippen LogP contribution >= 0.6 is 0 Å². The van der Waals surface area contributed by atoms with Crippen molar-refractivity contribution < 1.29 is 9.53 Å². The lowest BCUT2D eigenvalue weighted by molar-refractivity contribution is -0.121. The summed E-state index contributed by atoms with van der Waals surface area (Å²) in [7, 11) is 1.72. The number of nitrogens with zero attached hydrogens (tertiary/aromatic N) is 2. The standard InChI is InChI=1S/C18H29N3O2/c1-15(2)14-18(22)19-8-9-20-10-12-21(13-11-20)16-6-4-5-7-17(16)23-3/h4-7,15H,8-14H2,1-3H3,(H,19,22). The van der Waals surface area contributed by atoms with Gasteiger partial charge >= 0.3 is 0 Å². The molecule has 2 rings (SSSR count). The molecule has 128 valence electrons. The molecule has 1 heterocycles. The highest BCUT2D eigenvalue weighted by molar-refractivity contribution is 5.76. The summed E-state index contributed by atoms with van der Waals surface area (Å²) >= 11 is 0. The van der Waals surface area contributed by atoms with E-state index in [9.17, 15) is 4.79 Å². The number of ether oxygens (including phenoxy) is 1. The number of nitrogens with one attached hydrogen (secondary N) is 1. The smallest absolute Gasteiger partial charge is 0.220 e. The van der Waals surface area contributed by atoms with Gasteiger partial charge in [-0.3, -0.25) is 9.69 Å². The van der Waals surface area contributed by atoms with E-state index < -0.39 is 0 Å². The maximum absolute atomic E-state index is 11.7. The molecule has 1 N–H and O–H groups in total. The summed E-state index contributed by atoms with van der Waals surface area (Å²) in [5.74, 6) is 1.51. The molecule has 0 atom stereocenters. The first kappa shape index (κ1) is 17.6. The van der Waals surface area contributed by atoms with E-state index >= 15 is 0 Å². The minimum Gasteiger partial charge on any atom is -0.495 e. The van der Waals surface area contributed by atoms with Crippen molar-refractivity contribution in [2.45, 2.75) is 20.3 Å². The van der Waals surface area contributed by atoms with Crippen LogP contribution in [0.15, 0.2) is 24.3 Å². The van der Waals surface area contributed by atoms with E-state index in [0.717, 1.165) is 45.0 Å². The third kappa shape index (κ3) is 5.43. The molecule has 1 saturated heterocycles. The number of carbonyl (C=O) groups excluding carboxylic acids is 1. The molecular formula is C18H29N3O2. The molecule has 5 heteroatoms. The number of anilines is 1. The van der Waals surface area contributed by atoms with E-state index in [4.69, 9.17) is 4.74 Å². The molecule has 0 radical (unpaired) electrons. The van der Waals surface area contributed by atoms with Crippen molar-refractivity contribution in [2.24, 2.45) is 5.92 Å². The molecule has 0 bridgehead atoms. The number of methoxy groups -OCH3 is 1. The predicted molar refractivity (Wildman–Crippen MR) is 94.1 cm³/mol. The van der Waals surface area contributed by atoms with Crippen molar-refractivity contribution in [2.75, 3.05) is 51.3 Å². The summed E-state index contributed by atoms with van der Waals surface area (Å²) in [5, 5.41) is 3.01. The fraction of sp³-hybridized carbons (Fsp3) is 0.611. The normalized spacial score (nSPS) is 15.7. The first-order valence-electron chi connectivity index (χ1n) is 8.47. The third-order valence-electron chi connectivity index (χ3n) is 4.14. The Bertz CT molecular complexity index is 497. The van der Waals surface area contributed by atoms with Crippen molar-refractivity contribution >= 4 is 11.6 Å². The maximum atomic E-state index is 11.7. The van der Waals surface area contributed by atoms with Crippen LogP contribution in [0.2, 0.25) is 0 Å². The number of amides is 1. The number of hydrogen-bond donors (Lipinski definition) is 1. The van der Waals surface area contributed by atoms with Crippen molar-refractivity contribution in [3.8, 4) is 5.75 Å². The molecule has 1 aliphatic heterocycles. The topological polar surface area (TPSA) is 44.8 Å². The van der Waals surface area contributed by atoms with Crippen LogP contribution in [0.1, 0.15) is 20.3 Å². The molecule has 0 saturated carbocycles. The Morgan fingerprint density at radius 2 is 1.91 bits per heavy atom. The molecular weight excluding hydrogens is 290 g/mol. The lowest BCUT2D eigenvalue weighted by atomic mass is 10.1. The lowest BCUT2D eigenvalue weighted by Crippen LogP contribution is -2.48. The van der Waals surface area contributed by atoms with Crippen molar-refractivity contribution in [3.05, 3.63) is 24.3 Å². The zero-order chi connectivity index (χ0) is 16.7. The van der Waals surface area contributed by atoms with Gasteiger partial charge in [0.05, 0.1) is 12.8 Å². The van der Waals surface area contributed by atoms with E-state index in [2.05, 4.69) is 41.1 Å². The van der Waals surface area contributed by atoms with E-state index in [1.807, 2.05) is 12.1 Å². The van der Waals surface area contributed by atoms with Crippen LogP contribution in [0.5, 0.6) is 5.75 Å². The van der Waals surface area contributed by atoms with Crippen LogP contribution < -0.4 is 15.0 Å². The average Bonchev–Trinajstić information content (AvgIpc) is 2.55. The first-order chi connectivity index (χ1) is 11.1. The highest BCUT2D eigenvalue weighted by Gasteiger charge is 2.19. The maximum Gasteiger partial charge on any atom is 0.220 e. The number of carbonyl (C=O) groups is 1. The third-order valence-corrected chi connectivity index (χ3v) is 4.14. The molecule has 23 heavy (non-hydrogen) atoms. The summed E-state index contributed by atoms with van der Waals surface area (Å²) in [6, 6.07) is 8.17. The Morgan fingerprint density at radius 3 is 2.57 bits per heavy atom. The second-order valence-electron chi connectivity index (χ2n) is 6.45. The average molecular weight is 319 g/mol. The Morgan fingerprint density at radius 1 is 1.22 bits per heavy atom. The van der Waals surface area contributed by atoms with Gasteiger partial charge in [-0.25, -0.2) is 0 Å². The number of piperazine rings is 1. The molecule has 1 amide bonds. The van der Waals surface area contributed by atoms with Crippen LogP contribution in [0.25, 0.3) is 0 Å². The van der Waals surface area contributed by atoms with E-state index in [1.54, 1.807) is 7.11 Å². The van der Waals surface area contributed by atoms with Crippen LogP contribution in [-0.4, -0.2) is 57.2 Å². The Labute approximate surface area is 139 Å². The number of para-hydroxylation sites is 2. The molecule has 0 unspecified atom stereocenters.